The average molecular weight is 303 g/mol. The van der Waals surface area contributed by atoms with Gasteiger partial charge in [-0.15, -0.1) is 11.3 Å². The first-order valence-corrected chi connectivity index (χ1v) is 8.02. The maximum absolute atomic E-state index is 12.4. The lowest BCUT2D eigenvalue weighted by atomic mass is 10.1. The number of thiophene rings is 1. The summed E-state index contributed by atoms with van der Waals surface area (Å²) in [5.74, 6) is 0.679. The maximum Gasteiger partial charge on any atom is 0.251 e. The van der Waals surface area contributed by atoms with Crippen LogP contribution >= 0.6 is 11.3 Å². The quantitative estimate of drug-likeness (QED) is 0.862. The fourth-order valence-electron chi connectivity index (χ4n) is 2.12. The van der Waals surface area contributed by atoms with Crippen LogP contribution in [-0.2, 0) is 12.8 Å². The molecule has 0 aliphatic heterocycles. The van der Waals surface area contributed by atoms with Gasteiger partial charge in [-0.25, -0.2) is 4.98 Å². The van der Waals surface area contributed by atoms with Crippen LogP contribution in [0, 0.1) is 0 Å². The fraction of sp³-hybridized carbons (Fsp3) is 0.375. The normalized spacial score (nSPS) is 12.0. The number of pyridine rings is 1. The third-order valence-electron chi connectivity index (χ3n) is 3.22. The van der Waals surface area contributed by atoms with Crippen molar-refractivity contribution in [2.75, 3.05) is 12.4 Å². The summed E-state index contributed by atoms with van der Waals surface area (Å²) in [6.07, 6.45) is 1.66. The molecule has 0 spiro atoms. The molecule has 1 atom stereocenters. The van der Waals surface area contributed by atoms with Crippen molar-refractivity contribution >= 4 is 23.1 Å². The standard InChI is InChI=1S/C16H21N3OS/c1-4-13-9-12(10-15(17-3)19-13)16(20)18-11(2)8-14-6-5-7-21-14/h5-7,9-11H,4,8H2,1-3H3,(H,17,19)(H,18,20). The van der Waals surface area contributed by atoms with Crippen molar-refractivity contribution in [1.29, 1.82) is 0 Å². The third-order valence-corrected chi connectivity index (χ3v) is 4.12. The Balaban J connectivity index is 2.05. The number of aromatic nitrogens is 1. The van der Waals surface area contributed by atoms with Crippen molar-refractivity contribution in [3.05, 3.63) is 45.8 Å². The van der Waals surface area contributed by atoms with Gasteiger partial charge in [0.25, 0.3) is 5.91 Å². The first-order chi connectivity index (χ1) is 10.1. The second-order valence-corrected chi connectivity index (χ2v) is 6.03. The van der Waals surface area contributed by atoms with Gasteiger partial charge in [-0.05, 0) is 36.9 Å². The molecule has 0 radical (unpaired) electrons. The van der Waals surface area contributed by atoms with Gasteiger partial charge in [0.1, 0.15) is 5.82 Å². The van der Waals surface area contributed by atoms with Gasteiger partial charge in [-0.1, -0.05) is 13.0 Å². The summed E-state index contributed by atoms with van der Waals surface area (Å²) in [7, 11) is 1.81. The Morgan fingerprint density at radius 2 is 2.24 bits per heavy atom. The summed E-state index contributed by atoms with van der Waals surface area (Å²) in [6, 6.07) is 7.87. The zero-order valence-corrected chi connectivity index (χ0v) is 13.5. The molecular weight excluding hydrogens is 282 g/mol. The molecule has 0 aliphatic rings. The monoisotopic (exact) mass is 303 g/mol. The highest BCUT2D eigenvalue weighted by Crippen LogP contribution is 2.13. The zero-order chi connectivity index (χ0) is 15.2. The van der Waals surface area contributed by atoms with E-state index in [1.54, 1.807) is 17.4 Å². The molecule has 0 saturated heterocycles. The summed E-state index contributed by atoms with van der Waals surface area (Å²) < 4.78 is 0. The summed E-state index contributed by atoms with van der Waals surface area (Å²) in [5.41, 5.74) is 1.57. The van der Waals surface area contributed by atoms with Crippen molar-refractivity contribution in [3.63, 3.8) is 0 Å². The molecule has 5 heteroatoms. The molecular formula is C16H21N3OS. The number of aryl methyl sites for hydroxylation is 1. The van der Waals surface area contributed by atoms with Crippen LogP contribution in [0.2, 0.25) is 0 Å². The van der Waals surface area contributed by atoms with Crippen LogP contribution in [0.1, 0.15) is 34.8 Å². The number of hydrogen-bond acceptors (Lipinski definition) is 4. The van der Waals surface area contributed by atoms with Crippen LogP contribution in [0.15, 0.2) is 29.6 Å². The van der Waals surface area contributed by atoms with Crippen LogP contribution in [0.25, 0.3) is 0 Å². The molecule has 2 rings (SSSR count). The molecule has 2 aromatic heterocycles. The summed E-state index contributed by atoms with van der Waals surface area (Å²) in [5, 5.41) is 8.10. The molecule has 1 amide bonds. The van der Waals surface area contributed by atoms with E-state index in [1.165, 1.54) is 4.88 Å². The van der Waals surface area contributed by atoms with Crippen LogP contribution in [0.3, 0.4) is 0 Å². The van der Waals surface area contributed by atoms with Gasteiger partial charge in [-0.2, -0.15) is 0 Å². The Kier molecular flexibility index (Phi) is 5.33. The highest BCUT2D eigenvalue weighted by molar-refractivity contribution is 7.09. The molecule has 2 N–H and O–H groups in total. The zero-order valence-electron chi connectivity index (χ0n) is 12.6. The highest BCUT2D eigenvalue weighted by atomic mass is 32.1. The van der Waals surface area contributed by atoms with Gasteiger partial charge in [0, 0.05) is 35.6 Å². The van der Waals surface area contributed by atoms with Crippen LogP contribution in [0.4, 0.5) is 5.82 Å². The predicted molar refractivity (Wildman–Crippen MR) is 88.1 cm³/mol. The molecule has 0 aliphatic carbocycles. The number of amides is 1. The Labute approximate surface area is 129 Å². The van der Waals surface area contributed by atoms with E-state index in [2.05, 4.69) is 27.1 Å². The Morgan fingerprint density at radius 3 is 2.86 bits per heavy atom. The van der Waals surface area contributed by atoms with Crippen molar-refractivity contribution in [3.8, 4) is 0 Å². The molecule has 0 saturated carbocycles. The predicted octanol–water partition coefficient (Wildman–Crippen LogP) is 3.11. The minimum absolute atomic E-state index is 0.0485. The van der Waals surface area contributed by atoms with E-state index >= 15 is 0 Å². The second-order valence-electron chi connectivity index (χ2n) is 4.99. The summed E-state index contributed by atoms with van der Waals surface area (Å²) in [6.45, 7) is 4.06. The van der Waals surface area contributed by atoms with Gasteiger partial charge >= 0.3 is 0 Å². The molecule has 21 heavy (non-hydrogen) atoms. The number of rotatable bonds is 6. The minimum atomic E-state index is -0.0485. The number of hydrogen-bond donors (Lipinski definition) is 2. The van der Waals surface area contributed by atoms with Crippen molar-refractivity contribution < 1.29 is 4.79 Å². The third kappa shape index (κ3) is 4.29. The van der Waals surface area contributed by atoms with Crippen molar-refractivity contribution in [2.24, 2.45) is 0 Å². The molecule has 1 unspecified atom stereocenters. The van der Waals surface area contributed by atoms with Gasteiger partial charge < -0.3 is 10.6 Å². The van der Waals surface area contributed by atoms with Crippen molar-refractivity contribution in [1.82, 2.24) is 10.3 Å². The van der Waals surface area contributed by atoms with E-state index in [1.807, 2.05) is 33.0 Å². The lowest BCUT2D eigenvalue weighted by Gasteiger charge is -2.14. The van der Waals surface area contributed by atoms with E-state index in [0.29, 0.717) is 5.56 Å². The van der Waals surface area contributed by atoms with Crippen LogP contribution < -0.4 is 10.6 Å². The molecule has 2 aromatic rings. The molecule has 0 aromatic carbocycles. The topological polar surface area (TPSA) is 54.0 Å². The van der Waals surface area contributed by atoms with E-state index < -0.39 is 0 Å². The molecule has 0 fully saturated rings. The Morgan fingerprint density at radius 1 is 1.43 bits per heavy atom. The van der Waals surface area contributed by atoms with E-state index in [9.17, 15) is 4.79 Å². The maximum atomic E-state index is 12.4. The number of anilines is 1. The van der Waals surface area contributed by atoms with Crippen LogP contribution in [0.5, 0.6) is 0 Å². The number of carbonyl (C=O) groups is 1. The lowest BCUT2D eigenvalue weighted by molar-refractivity contribution is 0.0940. The van der Waals surface area contributed by atoms with Gasteiger partial charge in [0.2, 0.25) is 0 Å². The average Bonchev–Trinajstić information content (AvgIpc) is 2.99. The van der Waals surface area contributed by atoms with Gasteiger partial charge in [0.05, 0.1) is 0 Å². The van der Waals surface area contributed by atoms with Gasteiger partial charge in [0.15, 0.2) is 0 Å². The molecule has 2 heterocycles. The van der Waals surface area contributed by atoms with Crippen LogP contribution in [-0.4, -0.2) is 24.0 Å². The van der Waals surface area contributed by atoms with Gasteiger partial charge in [-0.3, -0.25) is 4.79 Å². The fourth-order valence-corrected chi connectivity index (χ4v) is 2.95. The molecule has 4 nitrogen and oxygen atoms in total. The minimum Gasteiger partial charge on any atom is -0.373 e. The molecule has 0 bridgehead atoms. The summed E-state index contributed by atoms with van der Waals surface area (Å²) >= 11 is 1.71. The largest absolute Gasteiger partial charge is 0.373 e. The second kappa shape index (κ2) is 7.22. The van der Waals surface area contributed by atoms with E-state index in [-0.39, 0.29) is 11.9 Å². The number of carbonyl (C=O) groups excluding carboxylic acids is 1. The SMILES string of the molecule is CCc1cc(C(=O)NC(C)Cc2cccs2)cc(NC)n1. The van der Waals surface area contributed by atoms with Crippen molar-refractivity contribution in [2.45, 2.75) is 32.7 Å². The number of nitrogens with one attached hydrogen (secondary N) is 2. The highest BCUT2D eigenvalue weighted by Gasteiger charge is 2.12. The number of nitrogens with zero attached hydrogens (tertiary/aromatic N) is 1. The van der Waals surface area contributed by atoms with E-state index in [4.69, 9.17) is 0 Å². The molecule has 112 valence electrons. The van der Waals surface area contributed by atoms with E-state index in [0.717, 1.165) is 24.4 Å². The Hall–Kier alpha value is -1.88. The first kappa shape index (κ1) is 15.5. The summed E-state index contributed by atoms with van der Waals surface area (Å²) in [4.78, 5) is 18.0. The lowest BCUT2D eigenvalue weighted by Crippen LogP contribution is -2.34. The Bertz CT molecular complexity index is 573. The smallest absolute Gasteiger partial charge is 0.251 e. The first-order valence-electron chi connectivity index (χ1n) is 7.14.